The van der Waals surface area contributed by atoms with E-state index in [1.54, 1.807) is 18.9 Å². The molecule has 0 amide bonds. The number of hydrogen-bond donors (Lipinski definition) is 0. The zero-order valence-electron chi connectivity index (χ0n) is 17.0. The van der Waals surface area contributed by atoms with Crippen LogP contribution in [-0.2, 0) is 11.3 Å². The van der Waals surface area contributed by atoms with Crippen LogP contribution < -0.4 is 9.64 Å². The Morgan fingerprint density at radius 3 is 2.69 bits per heavy atom. The predicted molar refractivity (Wildman–Crippen MR) is 120 cm³/mol. The Kier molecular flexibility index (Phi) is 7.40. The van der Waals surface area contributed by atoms with E-state index in [0.29, 0.717) is 6.61 Å². The highest BCUT2D eigenvalue weighted by atomic mass is 32.2. The summed E-state index contributed by atoms with van der Waals surface area (Å²) >= 11 is 1.64. The number of benzene rings is 2. The fourth-order valence-electron chi connectivity index (χ4n) is 3.16. The second-order valence-corrected chi connectivity index (χ2v) is 7.87. The molecule has 0 radical (unpaired) electrons. The first-order valence-electron chi connectivity index (χ1n) is 9.69. The topological polar surface area (TPSA) is 45.5 Å². The first-order valence-corrected chi connectivity index (χ1v) is 10.5. The molecule has 0 N–H and O–H groups in total. The van der Waals surface area contributed by atoms with E-state index < -0.39 is 0 Å². The number of nitriles is 1. The van der Waals surface area contributed by atoms with Gasteiger partial charge in [-0.3, -0.25) is 0 Å². The Balaban J connectivity index is 1.52. The van der Waals surface area contributed by atoms with Gasteiger partial charge in [0.25, 0.3) is 0 Å². The van der Waals surface area contributed by atoms with Gasteiger partial charge in [-0.1, -0.05) is 48.7 Å². The molecular weight excluding hydrogens is 380 g/mol. The van der Waals surface area contributed by atoms with Crippen LogP contribution in [0.5, 0.6) is 5.75 Å². The van der Waals surface area contributed by atoms with Gasteiger partial charge in [0, 0.05) is 18.0 Å². The van der Waals surface area contributed by atoms with Gasteiger partial charge in [0.1, 0.15) is 5.75 Å². The Hall–Kier alpha value is -2.68. The molecule has 0 fully saturated rings. The lowest BCUT2D eigenvalue weighted by molar-refractivity contribution is 0.117. The van der Waals surface area contributed by atoms with Gasteiger partial charge in [-0.2, -0.15) is 5.26 Å². The van der Waals surface area contributed by atoms with Gasteiger partial charge in [0.15, 0.2) is 0 Å². The van der Waals surface area contributed by atoms with Crippen molar-refractivity contribution in [2.24, 2.45) is 0 Å². The lowest BCUT2D eigenvalue weighted by Crippen LogP contribution is -2.20. The molecule has 4 nitrogen and oxygen atoms in total. The van der Waals surface area contributed by atoms with E-state index in [0.717, 1.165) is 58.5 Å². The molecule has 0 atom stereocenters. The molecule has 1 aliphatic heterocycles. The molecule has 0 saturated carbocycles. The number of hydrogen-bond acceptors (Lipinski definition) is 5. The van der Waals surface area contributed by atoms with Crippen LogP contribution in [0.3, 0.4) is 0 Å². The van der Waals surface area contributed by atoms with Crippen molar-refractivity contribution in [2.75, 3.05) is 25.2 Å². The van der Waals surface area contributed by atoms with Crippen molar-refractivity contribution in [3.05, 3.63) is 70.8 Å². The van der Waals surface area contributed by atoms with Crippen LogP contribution in [0.4, 0.5) is 5.69 Å². The van der Waals surface area contributed by atoms with E-state index in [1.165, 1.54) is 5.56 Å². The SMILES string of the molecule is C=Cc1ccc(COCCCCN2/C(=C(/C)C#N)Sc3cc(OC)ccc32)cc1. The third kappa shape index (κ3) is 5.23. The summed E-state index contributed by atoms with van der Waals surface area (Å²) < 4.78 is 11.2. The summed E-state index contributed by atoms with van der Waals surface area (Å²) in [6, 6.07) is 16.6. The summed E-state index contributed by atoms with van der Waals surface area (Å²) in [4.78, 5) is 3.37. The molecule has 0 unspecified atom stereocenters. The number of thioether (sulfide) groups is 1. The van der Waals surface area contributed by atoms with Gasteiger partial charge < -0.3 is 14.4 Å². The Labute approximate surface area is 177 Å². The van der Waals surface area contributed by atoms with Crippen LogP contribution in [0.2, 0.25) is 0 Å². The molecule has 0 spiro atoms. The highest BCUT2D eigenvalue weighted by Crippen LogP contribution is 2.48. The molecule has 150 valence electrons. The van der Waals surface area contributed by atoms with Gasteiger partial charge in [-0.15, -0.1) is 0 Å². The van der Waals surface area contributed by atoms with E-state index in [2.05, 4.69) is 47.9 Å². The Morgan fingerprint density at radius 1 is 1.21 bits per heavy atom. The molecule has 5 heteroatoms. The number of methoxy groups -OCH3 is 1. The van der Waals surface area contributed by atoms with Gasteiger partial charge >= 0.3 is 0 Å². The van der Waals surface area contributed by atoms with Gasteiger partial charge in [0.2, 0.25) is 0 Å². The lowest BCUT2D eigenvalue weighted by Gasteiger charge is -2.21. The van der Waals surface area contributed by atoms with Crippen LogP contribution in [0.15, 0.2) is 64.5 Å². The monoisotopic (exact) mass is 406 g/mol. The molecule has 1 aliphatic rings. The van der Waals surface area contributed by atoms with Gasteiger partial charge in [-0.05, 0) is 49.1 Å². The van der Waals surface area contributed by atoms with Crippen molar-refractivity contribution in [3.8, 4) is 11.8 Å². The number of ether oxygens (including phenoxy) is 2. The Bertz CT molecular complexity index is 929. The lowest BCUT2D eigenvalue weighted by atomic mass is 10.1. The first kappa shape index (κ1) is 21.0. The highest BCUT2D eigenvalue weighted by Gasteiger charge is 2.27. The van der Waals surface area contributed by atoms with E-state index >= 15 is 0 Å². The maximum atomic E-state index is 9.38. The minimum Gasteiger partial charge on any atom is -0.497 e. The molecule has 2 aromatic rings. The number of rotatable bonds is 9. The minimum absolute atomic E-state index is 0.623. The average molecular weight is 407 g/mol. The summed E-state index contributed by atoms with van der Waals surface area (Å²) in [7, 11) is 1.67. The van der Waals surface area contributed by atoms with Crippen molar-refractivity contribution in [3.63, 3.8) is 0 Å². The number of nitrogens with zero attached hydrogens (tertiary/aromatic N) is 2. The molecule has 3 rings (SSSR count). The van der Waals surface area contributed by atoms with Crippen LogP contribution in [-0.4, -0.2) is 20.3 Å². The maximum absolute atomic E-state index is 9.38. The molecule has 2 aromatic carbocycles. The summed E-state index contributed by atoms with van der Waals surface area (Å²) in [6.45, 7) is 7.84. The quantitative estimate of drug-likeness (QED) is 0.377. The van der Waals surface area contributed by atoms with E-state index in [1.807, 2.05) is 25.1 Å². The van der Waals surface area contributed by atoms with Crippen molar-refractivity contribution in [1.29, 1.82) is 5.26 Å². The zero-order valence-corrected chi connectivity index (χ0v) is 17.8. The summed E-state index contributed by atoms with van der Waals surface area (Å²) in [5.74, 6) is 0.835. The standard InChI is InChI=1S/C24H26N2O2S/c1-4-19-7-9-20(10-8-19)17-28-14-6-5-13-26-22-12-11-21(27-3)15-23(22)29-24(26)18(2)16-25/h4,7-12,15H,1,5-6,13-14,17H2,2-3H3/b24-18+. The van der Waals surface area contributed by atoms with Crippen LogP contribution in [0.25, 0.3) is 6.08 Å². The highest BCUT2D eigenvalue weighted by molar-refractivity contribution is 8.03. The predicted octanol–water partition coefficient (Wildman–Crippen LogP) is 6.00. The smallest absolute Gasteiger partial charge is 0.120 e. The van der Waals surface area contributed by atoms with Crippen molar-refractivity contribution in [2.45, 2.75) is 31.3 Å². The van der Waals surface area contributed by atoms with E-state index in [9.17, 15) is 5.26 Å². The second kappa shape index (κ2) is 10.2. The van der Waals surface area contributed by atoms with Crippen LogP contribution >= 0.6 is 11.8 Å². The van der Waals surface area contributed by atoms with Crippen molar-refractivity contribution >= 4 is 23.5 Å². The van der Waals surface area contributed by atoms with Crippen molar-refractivity contribution < 1.29 is 9.47 Å². The number of anilines is 1. The molecule has 29 heavy (non-hydrogen) atoms. The molecule has 1 heterocycles. The third-order valence-electron chi connectivity index (χ3n) is 4.80. The first-order chi connectivity index (χ1) is 14.2. The second-order valence-electron chi connectivity index (χ2n) is 6.83. The molecular formula is C24H26N2O2S. The summed E-state index contributed by atoms with van der Waals surface area (Å²) in [5.41, 5.74) is 4.17. The number of fused-ring (bicyclic) bond motifs is 1. The largest absolute Gasteiger partial charge is 0.497 e. The Morgan fingerprint density at radius 2 is 2.00 bits per heavy atom. The van der Waals surface area contributed by atoms with Gasteiger partial charge in [-0.25, -0.2) is 0 Å². The van der Waals surface area contributed by atoms with Crippen LogP contribution in [0.1, 0.15) is 30.9 Å². The normalized spacial score (nSPS) is 14.3. The molecule has 0 saturated heterocycles. The fraction of sp³-hybridized carbons (Fsp3) is 0.292. The summed E-state index contributed by atoms with van der Waals surface area (Å²) in [6.07, 6.45) is 3.80. The fourth-order valence-corrected chi connectivity index (χ4v) is 4.32. The molecule has 0 aromatic heterocycles. The van der Waals surface area contributed by atoms with Crippen LogP contribution in [0, 0.1) is 11.3 Å². The number of unbranched alkanes of at least 4 members (excludes halogenated alkanes) is 1. The summed E-state index contributed by atoms with van der Waals surface area (Å²) in [5, 5.41) is 10.4. The van der Waals surface area contributed by atoms with E-state index in [4.69, 9.17) is 9.47 Å². The third-order valence-corrected chi connectivity index (χ3v) is 6.07. The van der Waals surface area contributed by atoms with Crippen molar-refractivity contribution in [1.82, 2.24) is 0 Å². The maximum Gasteiger partial charge on any atom is 0.120 e. The zero-order chi connectivity index (χ0) is 20.6. The van der Waals surface area contributed by atoms with E-state index in [-0.39, 0.29) is 0 Å². The minimum atomic E-state index is 0.623. The average Bonchev–Trinajstić information content (AvgIpc) is 3.13. The molecule has 0 bridgehead atoms. The number of allylic oxidation sites excluding steroid dienone is 1. The van der Waals surface area contributed by atoms with Gasteiger partial charge in [0.05, 0.1) is 36.1 Å². The molecule has 0 aliphatic carbocycles.